The number of nitrogens with one attached hydrogen (secondary N) is 2. The molecule has 1 aromatic heterocycles. The van der Waals surface area contributed by atoms with Crippen molar-refractivity contribution in [3.05, 3.63) is 60.4 Å². The van der Waals surface area contributed by atoms with E-state index in [1.54, 1.807) is 6.92 Å². The van der Waals surface area contributed by atoms with Crippen molar-refractivity contribution in [1.29, 1.82) is 0 Å². The average molecular weight is 379 g/mol. The van der Waals surface area contributed by atoms with Gasteiger partial charge in [0, 0.05) is 24.0 Å². The van der Waals surface area contributed by atoms with Crippen LogP contribution in [-0.2, 0) is 17.3 Å². The second-order valence-electron chi connectivity index (χ2n) is 6.95. The standard InChI is InChI=1S/C21H25N5O2/c1-5-28-20(27)22-16-13-11-15(12-14-16)18-24-25-19(26(18)4)21(2,3)23-17-9-7-6-8-10-17/h6-14,23H,5H2,1-4H3,(H,22,27). The predicted molar refractivity (Wildman–Crippen MR) is 110 cm³/mol. The summed E-state index contributed by atoms with van der Waals surface area (Å²) in [5, 5.41) is 15.0. The molecule has 0 bridgehead atoms. The van der Waals surface area contributed by atoms with E-state index in [2.05, 4.69) is 34.7 Å². The smallest absolute Gasteiger partial charge is 0.411 e. The Labute approximate surface area is 164 Å². The highest BCUT2D eigenvalue weighted by molar-refractivity contribution is 5.84. The summed E-state index contributed by atoms with van der Waals surface area (Å²) in [4.78, 5) is 11.5. The summed E-state index contributed by atoms with van der Waals surface area (Å²) >= 11 is 0. The molecular formula is C21H25N5O2. The number of para-hydroxylation sites is 1. The van der Waals surface area contributed by atoms with Crippen LogP contribution in [0.1, 0.15) is 26.6 Å². The van der Waals surface area contributed by atoms with Gasteiger partial charge in [-0.05, 0) is 57.2 Å². The van der Waals surface area contributed by atoms with E-state index >= 15 is 0 Å². The third-order valence-corrected chi connectivity index (χ3v) is 4.33. The lowest BCUT2D eigenvalue weighted by molar-refractivity contribution is 0.168. The summed E-state index contributed by atoms with van der Waals surface area (Å²) in [5.41, 5.74) is 2.18. The second kappa shape index (κ2) is 8.12. The Morgan fingerprint density at radius 1 is 1.04 bits per heavy atom. The van der Waals surface area contributed by atoms with Crippen molar-refractivity contribution in [1.82, 2.24) is 14.8 Å². The average Bonchev–Trinajstić information content (AvgIpc) is 3.05. The predicted octanol–water partition coefficient (Wildman–Crippen LogP) is 4.40. The fourth-order valence-corrected chi connectivity index (χ4v) is 3.05. The number of anilines is 2. The molecule has 0 saturated carbocycles. The Morgan fingerprint density at radius 3 is 2.36 bits per heavy atom. The van der Waals surface area contributed by atoms with Crippen LogP contribution in [0.5, 0.6) is 0 Å². The van der Waals surface area contributed by atoms with E-state index in [9.17, 15) is 4.79 Å². The Morgan fingerprint density at radius 2 is 1.71 bits per heavy atom. The number of carbonyl (C=O) groups is 1. The lowest BCUT2D eigenvalue weighted by atomic mass is 10.0. The molecule has 0 aliphatic rings. The number of aromatic nitrogens is 3. The summed E-state index contributed by atoms with van der Waals surface area (Å²) in [6.45, 7) is 6.24. The highest BCUT2D eigenvalue weighted by atomic mass is 16.5. The van der Waals surface area contributed by atoms with E-state index in [0.29, 0.717) is 12.3 Å². The van der Waals surface area contributed by atoms with Crippen LogP contribution in [0.15, 0.2) is 54.6 Å². The van der Waals surface area contributed by atoms with Gasteiger partial charge in [-0.3, -0.25) is 5.32 Å². The third kappa shape index (κ3) is 4.31. The summed E-state index contributed by atoms with van der Waals surface area (Å²) in [5.74, 6) is 1.57. The van der Waals surface area contributed by atoms with Crippen molar-refractivity contribution in [3.63, 3.8) is 0 Å². The topological polar surface area (TPSA) is 81.1 Å². The first-order chi connectivity index (χ1) is 13.4. The highest BCUT2D eigenvalue weighted by Gasteiger charge is 2.27. The van der Waals surface area contributed by atoms with E-state index in [-0.39, 0.29) is 0 Å². The van der Waals surface area contributed by atoms with Gasteiger partial charge in [0.25, 0.3) is 0 Å². The van der Waals surface area contributed by atoms with Gasteiger partial charge in [0.2, 0.25) is 0 Å². The van der Waals surface area contributed by atoms with Crippen molar-refractivity contribution in [3.8, 4) is 11.4 Å². The van der Waals surface area contributed by atoms with E-state index in [1.165, 1.54) is 0 Å². The maximum atomic E-state index is 11.5. The second-order valence-corrected chi connectivity index (χ2v) is 6.95. The molecule has 0 unspecified atom stereocenters. The van der Waals surface area contributed by atoms with Crippen LogP contribution in [0.4, 0.5) is 16.2 Å². The molecule has 3 aromatic rings. The maximum Gasteiger partial charge on any atom is 0.411 e. The molecule has 7 nitrogen and oxygen atoms in total. The maximum absolute atomic E-state index is 11.5. The Kier molecular flexibility index (Phi) is 5.63. The minimum absolute atomic E-state index is 0.332. The monoisotopic (exact) mass is 379 g/mol. The molecule has 0 spiro atoms. The van der Waals surface area contributed by atoms with Crippen molar-refractivity contribution in [2.75, 3.05) is 17.2 Å². The van der Waals surface area contributed by atoms with Crippen LogP contribution in [0.25, 0.3) is 11.4 Å². The largest absolute Gasteiger partial charge is 0.450 e. The van der Waals surface area contributed by atoms with Gasteiger partial charge in [-0.15, -0.1) is 10.2 Å². The molecule has 0 saturated heterocycles. The zero-order valence-corrected chi connectivity index (χ0v) is 16.6. The fraction of sp³-hybridized carbons (Fsp3) is 0.286. The third-order valence-electron chi connectivity index (χ3n) is 4.33. The molecule has 28 heavy (non-hydrogen) atoms. The molecule has 2 N–H and O–H groups in total. The molecule has 7 heteroatoms. The van der Waals surface area contributed by atoms with Gasteiger partial charge >= 0.3 is 6.09 Å². The van der Waals surface area contributed by atoms with Crippen LogP contribution in [0, 0.1) is 0 Å². The molecule has 0 radical (unpaired) electrons. The zero-order chi connectivity index (χ0) is 20.1. The van der Waals surface area contributed by atoms with Gasteiger partial charge in [-0.25, -0.2) is 4.79 Å². The van der Waals surface area contributed by atoms with Gasteiger partial charge in [0.1, 0.15) is 0 Å². The first-order valence-electron chi connectivity index (χ1n) is 9.18. The van der Waals surface area contributed by atoms with Crippen LogP contribution >= 0.6 is 0 Å². The molecule has 0 aliphatic heterocycles. The Balaban J connectivity index is 1.79. The van der Waals surface area contributed by atoms with Gasteiger partial charge in [-0.1, -0.05) is 18.2 Å². The van der Waals surface area contributed by atoms with E-state index in [0.717, 1.165) is 22.9 Å². The fourth-order valence-electron chi connectivity index (χ4n) is 3.05. The van der Waals surface area contributed by atoms with Crippen molar-refractivity contribution < 1.29 is 9.53 Å². The lowest BCUT2D eigenvalue weighted by Crippen LogP contribution is -2.31. The van der Waals surface area contributed by atoms with Gasteiger partial charge < -0.3 is 14.6 Å². The van der Waals surface area contributed by atoms with Crippen LogP contribution in [0.2, 0.25) is 0 Å². The number of ether oxygens (including phenoxy) is 1. The Bertz CT molecular complexity index is 933. The molecule has 146 valence electrons. The van der Waals surface area contributed by atoms with Crippen molar-refractivity contribution in [2.45, 2.75) is 26.3 Å². The molecular weight excluding hydrogens is 354 g/mol. The number of nitrogens with zero attached hydrogens (tertiary/aromatic N) is 3. The zero-order valence-electron chi connectivity index (χ0n) is 16.6. The minimum atomic E-state index is -0.468. The van der Waals surface area contributed by atoms with E-state index in [4.69, 9.17) is 4.74 Å². The lowest BCUT2D eigenvalue weighted by Gasteiger charge is -2.26. The van der Waals surface area contributed by atoms with Crippen LogP contribution in [-0.4, -0.2) is 27.5 Å². The molecule has 0 atom stereocenters. The number of hydrogen-bond acceptors (Lipinski definition) is 5. The van der Waals surface area contributed by atoms with Crippen LogP contribution in [0.3, 0.4) is 0 Å². The molecule has 1 amide bonds. The van der Waals surface area contributed by atoms with Gasteiger partial charge in [0.15, 0.2) is 11.6 Å². The minimum Gasteiger partial charge on any atom is -0.450 e. The van der Waals surface area contributed by atoms with Gasteiger partial charge in [-0.2, -0.15) is 0 Å². The molecule has 1 heterocycles. The molecule has 2 aromatic carbocycles. The normalized spacial score (nSPS) is 11.1. The molecule has 0 aliphatic carbocycles. The number of rotatable bonds is 6. The Hall–Kier alpha value is -3.35. The summed E-state index contributed by atoms with van der Waals surface area (Å²) in [7, 11) is 1.95. The van der Waals surface area contributed by atoms with Crippen LogP contribution < -0.4 is 10.6 Å². The number of carbonyl (C=O) groups excluding carboxylic acids is 1. The summed E-state index contributed by atoms with van der Waals surface area (Å²) in [6.07, 6.45) is -0.468. The number of benzene rings is 2. The number of amides is 1. The van der Waals surface area contributed by atoms with Crippen molar-refractivity contribution >= 4 is 17.5 Å². The van der Waals surface area contributed by atoms with Gasteiger partial charge in [0.05, 0.1) is 12.1 Å². The summed E-state index contributed by atoms with van der Waals surface area (Å²) in [6, 6.07) is 17.4. The highest BCUT2D eigenvalue weighted by Crippen LogP contribution is 2.27. The first kappa shape index (κ1) is 19.4. The summed E-state index contributed by atoms with van der Waals surface area (Å²) < 4.78 is 6.86. The first-order valence-corrected chi connectivity index (χ1v) is 9.18. The quantitative estimate of drug-likeness (QED) is 0.663. The SMILES string of the molecule is CCOC(=O)Nc1ccc(-c2nnc(C(C)(C)Nc3ccccc3)n2C)cc1. The van der Waals surface area contributed by atoms with Crippen molar-refractivity contribution in [2.24, 2.45) is 7.05 Å². The number of hydrogen-bond donors (Lipinski definition) is 2. The van der Waals surface area contributed by atoms with E-state index in [1.807, 2.05) is 66.2 Å². The molecule has 0 fully saturated rings. The van der Waals surface area contributed by atoms with E-state index < -0.39 is 11.6 Å². The molecule has 3 rings (SSSR count).